The van der Waals surface area contributed by atoms with Gasteiger partial charge in [0.2, 0.25) is 5.91 Å². The maximum absolute atomic E-state index is 12.6. The molecule has 0 aromatic carbocycles. The van der Waals surface area contributed by atoms with Gasteiger partial charge in [-0.05, 0) is 5.57 Å². The summed E-state index contributed by atoms with van der Waals surface area (Å²) in [6, 6.07) is -1.03. The number of hydrogen-bond donors (Lipinski definition) is 5. The number of aromatic nitrogens is 1. The monoisotopic (exact) mass is 480 g/mol. The molecule has 0 radical (unpaired) electrons. The molecule has 2 atom stereocenters. The summed E-state index contributed by atoms with van der Waals surface area (Å²) in [4.78, 5) is 57.5. The number of carbonyl (C=O) groups is 4. The molecule has 1 unspecified atom stereocenters. The summed E-state index contributed by atoms with van der Waals surface area (Å²) in [6.45, 7) is 1.02. The summed E-state index contributed by atoms with van der Waals surface area (Å²) in [5.41, 5.74) is 7.26. The van der Waals surface area contributed by atoms with E-state index in [-0.39, 0.29) is 59.9 Å². The molecule has 31 heavy (non-hydrogen) atoms. The van der Waals surface area contributed by atoms with Crippen LogP contribution in [0.4, 0.5) is 5.13 Å². The van der Waals surface area contributed by atoms with Gasteiger partial charge in [0.1, 0.15) is 22.8 Å². The molecular formula is C15H17N6NaO7S2. The fraction of sp³-hybridized carbons (Fsp3) is 0.333. The van der Waals surface area contributed by atoms with Crippen molar-refractivity contribution in [1.29, 1.82) is 0 Å². The van der Waals surface area contributed by atoms with Crippen molar-refractivity contribution in [2.24, 2.45) is 5.16 Å². The molecule has 0 spiro atoms. The number of rotatable bonds is 7. The standard InChI is InChI=1S/C15H16N6O7S2.Na.H/c1-5(22)20-28-2-6-3-29-13-9(12(24)21(13)10(6)14(25)26)18-11(23)8(19-27)7-4-30-15(16)17-7;;/h4,9,13,27H,2-3H2,1H3,(H2,16,17)(H,18,23)(H,20,22)(H,25,26);;/q;+1;-1/b19-8-;;/t9?,13-;;/m1../s1. The minimum atomic E-state index is -1.34. The van der Waals surface area contributed by atoms with Gasteiger partial charge in [0.25, 0.3) is 11.8 Å². The Morgan fingerprint density at radius 1 is 1.48 bits per heavy atom. The van der Waals surface area contributed by atoms with E-state index in [0.717, 1.165) is 16.2 Å². The molecule has 3 heterocycles. The Balaban J connectivity index is 0.00000256. The molecule has 0 saturated carbocycles. The van der Waals surface area contributed by atoms with Gasteiger partial charge in [-0.1, -0.05) is 5.16 Å². The number of amides is 3. The van der Waals surface area contributed by atoms with E-state index in [2.05, 4.69) is 20.9 Å². The number of anilines is 1. The van der Waals surface area contributed by atoms with Crippen LogP contribution in [0, 0.1) is 0 Å². The summed E-state index contributed by atoms with van der Waals surface area (Å²) in [6.07, 6.45) is 0. The summed E-state index contributed by atoms with van der Waals surface area (Å²) in [5, 5.41) is 25.0. The van der Waals surface area contributed by atoms with Gasteiger partial charge in [-0.2, -0.15) is 0 Å². The van der Waals surface area contributed by atoms with Crippen molar-refractivity contribution in [1.82, 2.24) is 20.7 Å². The van der Waals surface area contributed by atoms with Gasteiger partial charge in [-0.25, -0.2) is 15.3 Å². The average Bonchev–Trinajstić information content (AvgIpc) is 3.11. The third kappa shape index (κ3) is 5.19. The second kappa shape index (κ2) is 10.4. The molecule has 1 aromatic heterocycles. The molecule has 1 aromatic rings. The Kier molecular flexibility index (Phi) is 8.44. The van der Waals surface area contributed by atoms with E-state index >= 15 is 0 Å². The van der Waals surface area contributed by atoms with Crippen molar-refractivity contribution in [3.63, 3.8) is 0 Å². The zero-order valence-corrected chi connectivity index (χ0v) is 20.0. The fourth-order valence-electron chi connectivity index (χ4n) is 2.84. The Labute approximate surface area is 206 Å². The van der Waals surface area contributed by atoms with Crippen molar-refractivity contribution in [2.45, 2.75) is 18.3 Å². The van der Waals surface area contributed by atoms with Crippen LogP contribution < -0.4 is 46.1 Å². The van der Waals surface area contributed by atoms with Crippen LogP contribution in [-0.2, 0) is 24.0 Å². The largest absolute Gasteiger partial charge is 1.00 e. The number of nitrogen functional groups attached to an aromatic ring is 1. The predicted molar refractivity (Wildman–Crippen MR) is 105 cm³/mol. The average molecular weight is 480 g/mol. The minimum Gasteiger partial charge on any atom is -1.00 e. The number of nitrogens with zero attached hydrogens (tertiary/aromatic N) is 3. The van der Waals surface area contributed by atoms with Gasteiger partial charge in [0, 0.05) is 18.1 Å². The number of nitrogens with one attached hydrogen (secondary N) is 2. The van der Waals surface area contributed by atoms with E-state index in [1.54, 1.807) is 0 Å². The number of oxime groups is 1. The first-order valence-electron chi connectivity index (χ1n) is 8.27. The first-order valence-corrected chi connectivity index (χ1v) is 10.2. The van der Waals surface area contributed by atoms with E-state index in [1.165, 1.54) is 24.1 Å². The molecule has 1 saturated heterocycles. The number of aliphatic carboxylic acids is 1. The number of thioether (sulfide) groups is 1. The van der Waals surface area contributed by atoms with Gasteiger partial charge in [-0.3, -0.25) is 24.1 Å². The van der Waals surface area contributed by atoms with E-state index in [9.17, 15) is 24.3 Å². The van der Waals surface area contributed by atoms with Crippen molar-refractivity contribution in [3.8, 4) is 0 Å². The quantitative estimate of drug-likeness (QED) is 0.0839. The number of carboxylic acids is 1. The summed E-state index contributed by atoms with van der Waals surface area (Å²) in [7, 11) is 0. The van der Waals surface area contributed by atoms with Crippen LogP contribution in [0.1, 0.15) is 14.0 Å². The Morgan fingerprint density at radius 3 is 2.74 bits per heavy atom. The Morgan fingerprint density at radius 2 is 2.19 bits per heavy atom. The second-order valence-corrected chi connectivity index (χ2v) is 8.08. The second-order valence-electron chi connectivity index (χ2n) is 6.08. The summed E-state index contributed by atoms with van der Waals surface area (Å²) in [5.74, 6) is -3.10. The predicted octanol–water partition coefficient (Wildman–Crippen LogP) is -4.17. The molecule has 13 nitrogen and oxygen atoms in total. The first-order chi connectivity index (χ1) is 14.2. The summed E-state index contributed by atoms with van der Waals surface area (Å²) < 4.78 is 0. The normalized spacial score (nSPS) is 20.4. The van der Waals surface area contributed by atoms with Gasteiger partial charge in [0.05, 0.1) is 6.61 Å². The number of fused-ring (bicyclic) bond motifs is 1. The van der Waals surface area contributed by atoms with Gasteiger partial charge >= 0.3 is 35.5 Å². The molecule has 0 bridgehead atoms. The molecule has 0 aliphatic carbocycles. The van der Waals surface area contributed by atoms with E-state index in [4.69, 9.17) is 15.8 Å². The maximum atomic E-state index is 12.6. The molecule has 2 aliphatic rings. The van der Waals surface area contributed by atoms with Crippen LogP contribution in [0.3, 0.4) is 0 Å². The Bertz CT molecular complexity index is 987. The zero-order valence-electron chi connectivity index (χ0n) is 17.3. The molecule has 2 aliphatic heterocycles. The van der Waals surface area contributed by atoms with Crippen LogP contribution in [0.5, 0.6) is 0 Å². The number of hydroxylamine groups is 1. The third-order valence-electron chi connectivity index (χ3n) is 4.08. The number of thiazole rings is 1. The van der Waals surface area contributed by atoms with E-state index in [0.29, 0.717) is 5.57 Å². The summed E-state index contributed by atoms with van der Waals surface area (Å²) >= 11 is 2.26. The zero-order chi connectivity index (χ0) is 22.0. The molecule has 1 fully saturated rings. The molecule has 162 valence electrons. The topological polar surface area (TPSA) is 197 Å². The number of carboxylic acid groups (broad SMARTS) is 1. The molecule has 3 amide bonds. The third-order valence-corrected chi connectivity index (χ3v) is 6.09. The molecule has 16 heteroatoms. The minimum absolute atomic E-state index is 0. The van der Waals surface area contributed by atoms with Crippen LogP contribution in [-0.4, -0.2) is 73.4 Å². The first kappa shape index (κ1) is 25.1. The van der Waals surface area contributed by atoms with Gasteiger partial charge < -0.3 is 22.8 Å². The van der Waals surface area contributed by atoms with Crippen molar-refractivity contribution >= 4 is 57.6 Å². The maximum Gasteiger partial charge on any atom is 1.00 e. The van der Waals surface area contributed by atoms with E-state index in [1.807, 2.05) is 0 Å². The van der Waals surface area contributed by atoms with Crippen LogP contribution in [0.25, 0.3) is 0 Å². The fourth-order valence-corrected chi connectivity index (χ4v) is 4.71. The van der Waals surface area contributed by atoms with Crippen molar-refractivity contribution in [3.05, 3.63) is 22.3 Å². The number of carbonyl (C=O) groups excluding carboxylic acids is 3. The van der Waals surface area contributed by atoms with Crippen LogP contribution in [0.2, 0.25) is 0 Å². The smallest absolute Gasteiger partial charge is 1.00 e. The van der Waals surface area contributed by atoms with Crippen molar-refractivity contribution < 1.29 is 65.3 Å². The van der Waals surface area contributed by atoms with Crippen LogP contribution in [0.15, 0.2) is 21.8 Å². The molecule has 3 rings (SSSR count). The van der Waals surface area contributed by atoms with Gasteiger partial charge in [-0.15, -0.1) is 23.1 Å². The van der Waals surface area contributed by atoms with Crippen molar-refractivity contribution in [2.75, 3.05) is 18.1 Å². The van der Waals surface area contributed by atoms with Crippen LogP contribution >= 0.6 is 23.1 Å². The molecular weight excluding hydrogens is 463 g/mol. The number of nitrogens with two attached hydrogens (primary N) is 1. The molecule has 6 N–H and O–H groups in total. The Hall–Kier alpha value is -2.17. The van der Waals surface area contributed by atoms with Gasteiger partial charge in [0.15, 0.2) is 10.8 Å². The SMILES string of the molecule is CC(=O)NOCC1=C(C(=O)O)N2C(=O)C(NC(=O)/C(=N\O)c3csc(N)n3)[C@H]2SC1.[H-].[Na+]. The van der Waals surface area contributed by atoms with E-state index < -0.39 is 40.8 Å². The number of β-lactam (4-membered cyclic amide) rings is 1. The number of hydrogen-bond acceptors (Lipinski definition) is 11.